The summed E-state index contributed by atoms with van der Waals surface area (Å²) in [5.41, 5.74) is 4.41. The van der Waals surface area contributed by atoms with Gasteiger partial charge in [0.1, 0.15) is 0 Å². The van der Waals surface area contributed by atoms with Crippen LogP contribution in [0, 0.1) is 11.3 Å². The zero-order chi connectivity index (χ0) is 31.0. The molecule has 1 aliphatic rings. The Balaban J connectivity index is 1.57. The van der Waals surface area contributed by atoms with Gasteiger partial charge in [-0.3, -0.25) is 9.16 Å². The molecule has 0 amide bonds. The molecule has 0 spiro atoms. The maximum atomic E-state index is 9.49. The SMILES string of the molecule is C=CC/C(=C(\C)B1N(P(c2ccccc2)c2ccccc2)CCN1P(c1ccccc1)c1ccccc1)c1ccc(C#N)cc1. The minimum absolute atomic E-state index is 0.0497. The molecule has 0 aromatic heterocycles. The Bertz CT molecular complexity index is 1600. The number of nitriles is 1. The summed E-state index contributed by atoms with van der Waals surface area (Å²) in [5, 5.41) is 14.9. The summed E-state index contributed by atoms with van der Waals surface area (Å²) in [4.78, 5) is 0. The molecule has 0 bridgehead atoms. The third-order valence-electron chi connectivity index (χ3n) is 8.21. The van der Waals surface area contributed by atoms with E-state index in [1.165, 1.54) is 32.3 Å². The Morgan fingerprint density at radius 2 is 1.04 bits per heavy atom. The third kappa shape index (κ3) is 6.79. The second-order valence-electron chi connectivity index (χ2n) is 11.0. The fraction of sp³-hybridized carbons (Fsp3) is 0.103. The molecule has 0 radical (unpaired) electrons. The standard InChI is InChI=1S/C39H36BN3P2/c1-3-16-39(34-27-25-33(31-41)26-28-34)32(2)40-42(44(35-17-8-4-9-18-35)36-19-10-5-11-20-36)29-30-43(40)45(37-21-12-6-13-22-37)38-23-14-7-15-24-38/h3-15,17-28H,1,16,29-30H2,2H3/b39-32-. The maximum absolute atomic E-state index is 9.49. The molecule has 1 saturated heterocycles. The van der Waals surface area contributed by atoms with Crippen LogP contribution >= 0.6 is 16.1 Å². The lowest BCUT2D eigenvalue weighted by Gasteiger charge is -2.38. The van der Waals surface area contributed by atoms with Crippen molar-refractivity contribution in [2.75, 3.05) is 13.1 Å². The molecule has 6 heteroatoms. The summed E-state index contributed by atoms with van der Waals surface area (Å²) in [6.45, 7) is 8.43. The van der Waals surface area contributed by atoms with Crippen LogP contribution in [0.25, 0.3) is 5.57 Å². The first kappa shape index (κ1) is 30.9. The molecule has 5 aromatic rings. The highest BCUT2D eigenvalue weighted by molar-refractivity contribution is 7.74. The van der Waals surface area contributed by atoms with Crippen LogP contribution in [0.15, 0.2) is 164 Å². The van der Waals surface area contributed by atoms with E-state index in [4.69, 9.17) is 0 Å². The van der Waals surface area contributed by atoms with Crippen molar-refractivity contribution in [1.82, 2.24) is 9.16 Å². The molecule has 0 saturated carbocycles. The maximum Gasteiger partial charge on any atom is 0.350 e. The van der Waals surface area contributed by atoms with E-state index in [0.29, 0.717) is 5.56 Å². The summed E-state index contributed by atoms with van der Waals surface area (Å²) in [6.07, 6.45) is 2.76. The normalized spacial score (nSPS) is 14.4. The van der Waals surface area contributed by atoms with E-state index >= 15 is 0 Å². The van der Waals surface area contributed by atoms with Gasteiger partial charge in [0.15, 0.2) is 0 Å². The Morgan fingerprint density at radius 3 is 1.38 bits per heavy atom. The highest BCUT2D eigenvalue weighted by atomic mass is 31.1. The zero-order valence-corrected chi connectivity index (χ0v) is 27.4. The van der Waals surface area contributed by atoms with Gasteiger partial charge in [-0.15, -0.1) is 6.58 Å². The molecular formula is C39H36BN3P2. The Hall–Kier alpha value is -4.09. The van der Waals surface area contributed by atoms with Crippen molar-refractivity contribution >= 4 is 49.9 Å². The topological polar surface area (TPSA) is 30.3 Å². The summed E-state index contributed by atoms with van der Waals surface area (Å²) in [7, 11) is -1.65. The molecule has 0 atom stereocenters. The van der Waals surface area contributed by atoms with Gasteiger partial charge in [-0.1, -0.05) is 145 Å². The van der Waals surface area contributed by atoms with E-state index in [0.717, 1.165) is 25.1 Å². The fourth-order valence-corrected chi connectivity index (χ4v) is 11.5. The molecule has 6 rings (SSSR count). The van der Waals surface area contributed by atoms with Gasteiger partial charge in [-0.05, 0) is 57.8 Å². The van der Waals surface area contributed by atoms with Crippen molar-refractivity contribution in [1.29, 1.82) is 5.26 Å². The quantitative estimate of drug-likeness (QED) is 0.0915. The molecule has 1 heterocycles. The average molecular weight is 619 g/mol. The van der Waals surface area contributed by atoms with Crippen LogP contribution in [0.4, 0.5) is 0 Å². The van der Waals surface area contributed by atoms with E-state index < -0.39 is 16.1 Å². The van der Waals surface area contributed by atoms with Crippen molar-refractivity contribution in [3.05, 3.63) is 175 Å². The van der Waals surface area contributed by atoms with Crippen LogP contribution in [0.1, 0.15) is 24.5 Å². The summed E-state index contributed by atoms with van der Waals surface area (Å²) in [6, 6.07) is 54.4. The van der Waals surface area contributed by atoms with Crippen LogP contribution in [0.5, 0.6) is 0 Å². The Kier molecular flexibility index (Phi) is 10.2. The highest BCUT2D eigenvalue weighted by Gasteiger charge is 2.46. The fourth-order valence-electron chi connectivity index (χ4n) is 6.19. The summed E-state index contributed by atoms with van der Waals surface area (Å²) < 4.78 is 5.53. The second-order valence-corrected chi connectivity index (χ2v) is 15.3. The molecule has 3 nitrogen and oxygen atoms in total. The number of rotatable bonds is 10. The number of nitrogens with zero attached hydrogens (tertiary/aromatic N) is 3. The van der Waals surface area contributed by atoms with E-state index in [-0.39, 0.29) is 6.98 Å². The lowest BCUT2D eigenvalue weighted by Crippen LogP contribution is -2.46. The van der Waals surface area contributed by atoms with Crippen molar-refractivity contribution in [2.45, 2.75) is 13.3 Å². The number of allylic oxidation sites excluding steroid dienone is 3. The molecule has 5 aromatic carbocycles. The lowest BCUT2D eigenvalue weighted by molar-refractivity contribution is 0.704. The monoisotopic (exact) mass is 619 g/mol. The van der Waals surface area contributed by atoms with Crippen LogP contribution in [0.2, 0.25) is 0 Å². The second kappa shape index (κ2) is 14.8. The van der Waals surface area contributed by atoms with Gasteiger partial charge in [0, 0.05) is 29.2 Å². The molecule has 0 unspecified atom stereocenters. The van der Waals surface area contributed by atoms with E-state index in [1.54, 1.807) is 0 Å². The Morgan fingerprint density at radius 1 is 0.667 bits per heavy atom. The average Bonchev–Trinajstić information content (AvgIpc) is 3.53. The minimum atomic E-state index is -0.825. The van der Waals surface area contributed by atoms with E-state index in [2.05, 4.69) is 162 Å². The number of benzene rings is 5. The van der Waals surface area contributed by atoms with E-state index in [9.17, 15) is 5.26 Å². The number of hydrogen-bond acceptors (Lipinski definition) is 3. The molecular weight excluding hydrogens is 583 g/mol. The van der Waals surface area contributed by atoms with Crippen molar-refractivity contribution in [3.8, 4) is 6.07 Å². The summed E-state index contributed by atoms with van der Waals surface area (Å²) >= 11 is 0. The van der Waals surface area contributed by atoms with Gasteiger partial charge in [0.2, 0.25) is 0 Å². The largest absolute Gasteiger partial charge is 0.350 e. The molecule has 45 heavy (non-hydrogen) atoms. The van der Waals surface area contributed by atoms with Gasteiger partial charge < -0.3 is 0 Å². The first-order valence-corrected chi connectivity index (χ1v) is 17.9. The minimum Gasteiger partial charge on any atom is -0.294 e. The van der Waals surface area contributed by atoms with Crippen molar-refractivity contribution < 1.29 is 0 Å². The first-order chi connectivity index (χ1) is 22.2. The van der Waals surface area contributed by atoms with Crippen molar-refractivity contribution in [3.63, 3.8) is 0 Å². The smallest absolute Gasteiger partial charge is 0.294 e. The van der Waals surface area contributed by atoms with Gasteiger partial charge in [-0.2, -0.15) is 5.26 Å². The van der Waals surface area contributed by atoms with Gasteiger partial charge in [0.25, 0.3) is 0 Å². The summed E-state index contributed by atoms with van der Waals surface area (Å²) in [5.74, 6) is 0. The lowest BCUT2D eigenvalue weighted by atomic mass is 9.66. The Labute approximate surface area is 270 Å². The van der Waals surface area contributed by atoms with Crippen LogP contribution in [-0.4, -0.2) is 29.2 Å². The number of hydrogen-bond donors (Lipinski definition) is 0. The predicted octanol–water partition coefficient (Wildman–Crippen LogP) is 7.65. The van der Waals surface area contributed by atoms with Crippen LogP contribution in [-0.2, 0) is 0 Å². The predicted molar refractivity (Wildman–Crippen MR) is 196 cm³/mol. The molecule has 0 aliphatic carbocycles. The first-order valence-electron chi connectivity index (χ1n) is 15.3. The van der Waals surface area contributed by atoms with Crippen LogP contribution < -0.4 is 21.2 Å². The molecule has 220 valence electrons. The third-order valence-corrected chi connectivity index (χ3v) is 13.2. The molecule has 1 aliphatic heterocycles. The molecule has 0 N–H and O–H groups in total. The van der Waals surface area contributed by atoms with Crippen LogP contribution in [0.3, 0.4) is 0 Å². The van der Waals surface area contributed by atoms with Gasteiger partial charge in [-0.25, -0.2) is 0 Å². The van der Waals surface area contributed by atoms with Crippen molar-refractivity contribution in [2.24, 2.45) is 0 Å². The van der Waals surface area contributed by atoms with Gasteiger partial charge >= 0.3 is 6.98 Å². The van der Waals surface area contributed by atoms with E-state index in [1.807, 2.05) is 18.2 Å². The zero-order valence-electron chi connectivity index (χ0n) is 25.6. The van der Waals surface area contributed by atoms with Gasteiger partial charge in [0.05, 0.1) is 11.6 Å². The molecule has 1 fully saturated rings. The highest BCUT2D eigenvalue weighted by Crippen LogP contribution is 2.51.